The minimum Gasteiger partial charge on any atom is -0.497 e. The topological polar surface area (TPSA) is 79.2 Å². The summed E-state index contributed by atoms with van der Waals surface area (Å²) in [6.07, 6.45) is 8.97. The van der Waals surface area contributed by atoms with E-state index in [1.54, 1.807) is 25.4 Å². The molecule has 172 valence electrons. The number of aromatic nitrogens is 3. The summed E-state index contributed by atoms with van der Waals surface area (Å²) in [7, 11) is 5.14. The molecule has 0 N–H and O–H groups in total. The Labute approximate surface area is 190 Å². The summed E-state index contributed by atoms with van der Waals surface area (Å²) in [4.78, 5) is 18.9. The summed E-state index contributed by atoms with van der Waals surface area (Å²) in [6, 6.07) is 5.64. The van der Waals surface area contributed by atoms with Crippen LogP contribution in [0.25, 0.3) is 0 Å². The van der Waals surface area contributed by atoms with Gasteiger partial charge in [-0.15, -0.1) is 0 Å². The smallest absolute Gasteiger partial charge is 0.252 e. The van der Waals surface area contributed by atoms with Gasteiger partial charge in [0.05, 0.1) is 20.4 Å². The van der Waals surface area contributed by atoms with Crippen molar-refractivity contribution in [3.8, 4) is 11.5 Å². The second kappa shape index (κ2) is 10.5. The third-order valence-corrected chi connectivity index (χ3v) is 5.98. The number of hydrogen-bond acceptors (Lipinski definition) is 9. The van der Waals surface area contributed by atoms with Crippen LogP contribution in [0.2, 0.25) is 0 Å². The van der Waals surface area contributed by atoms with Crippen LogP contribution >= 0.6 is 0 Å². The zero-order valence-electron chi connectivity index (χ0n) is 19.3. The van der Waals surface area contributed by atoms with Crippen molar-refractivity contribution < 1.29 is 9.47 Å². The van der Waals surface area contributed by atoms with Crippen molar-refractivity contribution in [1.82, 2.24) is 15.0 Å². The largest absolute Gasteiger partial charge is 0.497 e. The molecule has 9 heteroatoms. The van der Waals surface area contributed by atoms with Crippen molar-refractivity contribution >= 4 is 24.1 Å². The van der Waals surface area contributed by atoms with Crippen molar-refractivity contribution in [2.24, 2.45) is 5.10 Å². The molecular formula is C23H33N7O2. The zero-order valence-corrected chi connectivity index (χ0v) is 19.3. The maximum Gasteiger partial charge on any atom is 0.252 e. The highest BCUT2D eigenvalue weighted by atomic mass is 16.5. The van der Waals surface area contributed by atoms with Gasteiger partial charge in [0.15, 0.2) is 0 Å². The highest BCUT2D eigenvalue weighted by molar-refractivity contribution is 5.84. The van der Waals surface area contributed by atoms with E-state index in [1.165, 1.54) is 38.5 Å². The molecule has 1 aromatic heterocycles. The lowest BCUT2D eigenvalue weighted by atomic mass is 10.1. The van der Waals surface area contributed by atoms with Crippen molar-refractivity contribution in [3.05, 3.63) is 23.8 Å². The van der Waals surface area contributed by atoms with E-state index in [-0.39, 0.29) is 0 Å². The van der Waals surface area contributed by atoms with Gasteiger partial charge in [0.25, 0.3) is 5.95 Å². The van der Waals surface area contributed by atoms with E-state index in [2.05, 4.69) is 14.9 Å². The first-order valence-corrected chi connectivity index (χ1v) is 11.4. The molecule has 0 unspecified atom stereocenters. The number of anilines is 3. The average Bonchev–Trinajstić information content (AvgIpc) is 2.87. The number of hydrazone groups is 1. The maximum atomic E-state index is 5.48. The molecule has 3 heterocycles. The lowest BCUT2D eigenvalue weighted by Crippen LogP contribution is -2.35. The predicted octanol–water partition coefficient (Wildman–Crippen LogP) is 3.34. The van der Waals surface area contributed by atoms with Crippen LogP contribution in [-0.4, -0.2) is 68.6 Å². The minimum atomic E-state index is 0.546. The third-order valence-electron chi connectivity index (χ3n) is 5.98. The van der Waals surface area contributed by atoms with Crippen LogP contribution in [0.15, 0.2) is 23.3 Å². The average molecular weight is 440 g/mol. The molecule has 2 fully saturated rings. The Hall–Kier alpha value is -3.10. The van der Waals surface area contributed by atoms with Gasteiger partial charge in [-0.1, -0.05) is 0 Å². The summed E-state index contributed by atoms with van der Waals surface area (Å²) in [5, 5.41) is 6.30. The molecule has 1 aromatic carbocycles. The van der Waals surface area contributed by atoms with Gasteiger partial charge in [-0.05, 0) is 50.7 Å². The van der Waals surface area contributed by atoms with Crippen molar-refractivity contribution in [2.75, 3.05) is 62.3 Å². The standard InChI is InChI=1S/C23H33N7O2/c1-28(24-17-18-10-11-19(31-2)16-20(18)32-3)21-25-22(29-12-6-4-7-13-29)27-23(26-21)30-14-8-5-9-15-30/h10-11,16-17H,4-9,12-15H2,1-3H3/b24-17-. The van der Waals surface area contributed by atoms with Gasteiger partial charge in [-0.3, -0.25) is 0 Å². The van der Waals surface area contributed by atoms with E-state index >= 15 is 0 Å². The summed E-state index contributed by atoms with van der Waals surface area (Å²) in [5.41, 5.74) is 0.849. The summed E-state index contributed by atoms with van der Waals surface area (Å²) >= 11 is 0. The molecule has 0 saturated carbocycles. The Balaban J connectivity index is 1.61. The van der Waals surface area contributed by atoms with Gasteiger partial charge in [-0.2, -0.15) is 20.1 Å². The van der Waals surface area contributed by atoms with Crippen LogP contribution in [0.3, 0.4) is 0 Å². The Morgan fingerprint density at radius 3 is 1.97 bits per heavy atom. The van der Waals surface area contributed by atoms with E-state index in [9.17, 15) is 0 Å². The normalized spacial score (nSPS) is 17.0. The highest BCUT2D eigenvalue weighted by Gasteiger charge is 2.21. The van der Waals surface area contributed by atoms with Crippen LogP contribution in [0, 0.1) is 0 Å². The molecule has 0 amide bonds. The van der Waals surface area contributed by atoms with Crippen LogP contribution in [0.5, 0.6) is 11.5 Å². The van der Waals surface area contributed by atoms with E-state index in [0.717, 1.165) is 49.4 Å². The van der Waals surface area contributed by atoms with Gasteiger partial charge >= 0.3 is 0 Å². The van der Waals surface area contributed by atoms with Crippen molar-refractivity contribution in [2.45, 2.75) is 38.5 Å². The fourth-order valence-corrected chi connectivity index (χ4v) is 4.08. The molecule has 0 bridgehead atoms. The van der Waals surface area contributed by atoms with Crippen LogP contribution in [0.1, 0.15) is 44.1 Å². The molecule has 2 aromatic rings. The van der Waals surface area contributed by atoms with E-state index in [1.807, 2.05) is 25.2 Å². The van der Waals surface area contributed by atoms with Gasteiger partial charge < -0.3 is 19.3 Å². The number of nitrogens with zero attached hydrogens (tertiary/aromatic N) is 7. The molecular weight excluding hydrogens is 406 g/mol. The maximum absolute atomic E-state index is 5.48. The molecule has 0 aliphatic carbocycles. The number of methoxy groups -OCH3 is 2. The lowest BCUT2D eigenvalue weighted by molar-refractivity contribution is 0.394. The summed E-state index contributed by atoms with van der Waals surface area (Å²) in [6.45, 7) is 3.94. The van der Waals surface area contributed by atoms with Crippen molar-refractivity contribution in [3.63, 3.8) is 0 Å². The van der Waals surface area contributed by atoms with Crippen LogP contribution < -0.4 is 24.3 Å². The Morgan fingerprint density at radius 1 is 0.844 bits per heavy atom. The minimum absolute atomic E-state index is 0.546. The predicted molar refractivity (Wildman–Crippen MR) is 127 cm³/mol. The van der Waals surface area contributed by atoms with Gasteiger partial charge in [0.1, 0.15) is 11.5 Å². The number of benzene rings is 1. The van der Waals surface area contributed by atoms with Gasteiger partial charge in [-0.25, -0.2) is 5.01 Å². The molecule has 0 radical (unpaired) electrons. The van der Waals surface area contributed by atoms with Crippen LogP contribution in [0.4, 0.5) is 17.8 Å². The zero-order chi connectivity index (χ0) is 22.3. The summed E-state index contributed by atoms with van der Waals surface area (Å²) in [5.74, 6) is 3.48. The van der Waals surface area contributed by atoms with Crippen LogP contribution in [-0.2, 0) is 0 Å². The monoisotopic (exact) mass is 439 g/mol. The number of rotatable bonds is 7. The number of ether oxygens (including phenoxy) is 2. The molecule has 9 nitrogen and oxygen atoms in total. The first-order valence-electron chi connectivity index (χ1n) is 11.4. The second-order valence-corrected chi connectivity index (χ2v) is 8.21. The van der Waals surface area contributed by atoms with Gasteiger partial charge in [0, 0.05) is 44.9 Å². The first-order chi connectivity index (χ1) is 15.7. The Kier molecular flexibility index (Phi) is 7.24. The summed E-state index contributed by atoms with van der Waals surface area (Å²) < 4.78 is 10.8. The Morgan fingerprint density at radius 2 is 1.44 bits per heavy atom. The quantitative estimate of drug-likeness (QED) is 0.480. The second-order valence-electron chi connectivity index (χ2n) is 8.21. The fourth-order valence-electron chi connectivity index (χ4n) is 4.08. The fraction of sp³-hybridized carbons (Fsp3) is 0.565. The number of hydrogen-bond donors (Lipinski definition) is 0. The van der Waals surface area contributed by atoms with E-state index in [4.69, 9.17) is 24.4 Å². The first kappa shape index (κ1) is 22.1. The third kappa shape index (κ3) is 5.20. The lowest BCUT2D eigenvalue weighted by Gasteiger charge is -2.30. The van der Waals surface area contributed by atoms with Crippen molar-refractivity contribution in [1.29, 1.82) is 0 Å². The Bertz CT molecular complexity index is 888. The van der Waals surface area contributed by atoms with E-state index in [0.29, 0.717) is 11.7 Å². The molecule has 0 atom stereocenters. The molecule has 32 heavy (non-hydrogen) atoms. The number of piperidine rings is 2. The SMILES string of the molecule is COc1ccc(/C=N\N(C)c2nc(N3CCCCC3)nc(N3CCCCC3)n2)c(OC)c1. The molecule has 2 saturated heterocycles. The molecule has 0 spiro atoms. The molecule has 2 aliphatic rings. The van der Waals surface area contributed by atoms with E-state index < -0.39 is 0 Å². The highest BCUT2D eigenvalue weighted by Crippen LogP contribution is 2.25. The molecule has 2 aliphatic heterocycles. The molecule has 4 rings (SSSR count). The van der Waals surface area contributed by atoms with Gasteiger partial charge in [0.2, 0.25) is 11.9 Å².